The summed E-state index contributed by atoms with van der Waals surface area (Å²) < 4.78 is 30.9. The number of ether oxygens (including phenoxy) is 1. The zero-order valence-electron chi connectivity index (χ0n) is 12.5. The molecular weight excluding hydrogens is 320 g/mol. The topological polar surface area (TPSA) is 75.6 Å². The van der Waals surface area contributed by atoms with Gasteiger partial charge in [0.15, 0.2) is 6.61 Å². The minimum absolute atomic E-state index is 0.308. The standard InChI is InChI=1S/C17H15F2NO4/c18-12-3-1-11(2-4-12)15(9-17(22)23)20-16(21)10-24-14-7-5-13(19)6-8-14/h1-8,15H,9-10H2,(H,20,21)(H,22,23)/t15-/m1/s1. The Balaban J connectivity index is 1.97. The zero-order valence-corrected chi connectivity index (χ0v) is 12.5. The van der Waals surface area contributed by atoms with E-state index in [1.54, 1.807) is 0 Å². The average molecular weight is 335 g/mol. The fourth-order valence-corrected chi connectivity index (χ4v) is 2.04. The Morgan fingerprint density at radius 1 is 1.00 bits per heavy atom. The molecule has 0 radical (unpaired) electrons. The highest BCUT2D eigenvalue weighted by molar-refractivity contribution is 5.79. The van der Waals surface area contributed by atoms with Crippen LogP contribution in [0.2, 0.25) is 0 Å². The normalized spacial score (nSPS) is 11.6. The lowest BCUT2D eigenvalue weighted by molar-refractivity contribution is -0.137. The number of halogens is 2. The van der Waals surface area contributed by atoms with E-state index in [2.05, 4.69) is 5.32 Å². The summed E-state index contributed by atoms with van der Waals surface area (Å²) >= 11 is 0. The van der Waals surface area contributed by atoms with Crippen molar-refractivity contribution in [2.75, 3.05) is 6.61 Å². The molecular formula is C17H15F2NO4. The number of benzene rings is 2. The van der Waals surface area contributed by atoms with Gasteiger partial charge >= 0.3 is 5.97 Å². The first-order valence-electron chi connectivity index (χ1n) is 7.09. The molecule has 1 amide bonds. The van der Waals surface area contributed by atoms with Crippen molar-refractivity contribution in [3.05, 3.63) is 65.7 Å². The third kappa shape index (κ3) is 5.35. The number of rotatable bonds is 7. The average Bonchev–Trinajstić information content (AvgIpc) is 2.54. The quantitative estimate of drug-likeness (QED) is 0.816. The van der Waals surface area contributed by atoms with Gasteiger partial charge in [-0.1, -0.05) is 12.1 Å². The molecule has 0 aliphatic rings. The molecule has 1 atom stereocenters. The van der Waals surface area contributed by atoms with Crippen molar-refractivity contribution >= 4 is 11.9 Å². The summed E-state index contributed by atoms with van der Waals surface area (Å²) in [6.07, 6.45) is -0.353. The molecule has 0 aromatic heterocycles. The van der Waals surface area contributed by atoms with Crippen molar-refractivity contribution in [1.82, 2.24) is 5.32 Å². The Labute approximate surface area is 136 Å². The first kappa shape index (κ1) is 17.4. The van der Waals surface area contributed by atoms with Gasteiger partial charge in [0, 0.05) is 0 Å². The molecule has 7 heteroatoms. The van der Waals surface area contributed by atoms with Crippen molar-refractivity contribution in [3.63, 3.8) is 0 Å². The first-order chi connectivity index (χ1) is 11.4. The monoisotopic (exact) mass is 335 g/mol. The van der Waals surface area contributed by atoms with Gasteiger partial charge in [-0.3, -0.25) is 9.59 Å². The molecule has 0 saturated carbocycles. The van der Waals surface area contributed by atoms with E-state index >= 15 is 0 Å². The van der Waals surface area contributed by atoms with Crippen molar-refractivity contribution in [2.45, 2.75) is 12.5 Å². The minimum Gasteiger partial charge on any atom is -0.484 e. The van der Waals surface area contributed by atoms with Crippen molar-refractivity contribution in [3.8, 4) is 5.75 Å². The van der Waals surface area contributed by atoms with E-state index in [4.69, 9.17) is 9.84 Å². The highest BCUT2D eigenvalue weighted by Crippen LogP contribution is 2.17. The second kappa shape index (κ2) is 8.05. The fourth-order valence-electron chi connectivity index (χ4n) is 2.04. The Bertz CT molecular complexity index is 702. The van der Waals surface area contributed by atoms with E-state index in [0.717, 1.165) is 0 Å². The molecule has 2 aromatic rings. The van der Waals surface area contributed by atoms with Crippen LogP contribution < -0.4 is 10.1 Å². The second-order valence-electron chi connectivity index (χ2n) is 5.01. The molecule has 5 nitrogen and oxygen atoms in total. The van der Waals surface area contributed by atoms with E-state index < -0.39 is 29.6 Å². The number of aliphatic carboxylic acids is 1. The third-order valence-corrected chi connectivity index (χ3v) is 3.17. The predicted molar refractivity (Wildman–Crippen MR) is 81.4 cm³/mol. The van der Waals surface area contributed by atoms with Gasteiger partial charge in [0.1, 0.15) is 17.4 Å². The molecule has 0 saturated heterocycles. The largest absolute Gasteiger partial charge is 0.484 e. The van der Waals surface area contributed by atoms with Crippen LogP contribution in [0.25, 0.3) is 0 Å². The summed E-state index contributed by atoms with van der Waals surface area (Å²) in [6, 6.07) is 9.50. The molecule has 126 valence electrons. The lowest BCUT2D eigenvalue weighted by Gasteiger charge is -2.17. The van der Waals surface area contributed by atoms with E-state index in [9.17, 15) is 18.4 Å². The lowest BCUT2D eigenvalue weighted by atomic mass is 10.0. The highest BCUT2D eigenvalue weighted by atomic mass is 19.1. The number of carbonyl (C=O) groups is 2. The van der Waals surface area contributed by atoms with Crippen LogP contribution in [-0.4, -0.2) is 23.6 Å². The second-order valence-corrected chi connectivity index (χ2v) is 5.01. The molecule has 0 aliphatic heterocycles. The molecule has 2 N–H and O–H groups in total. The Morgan fingerprint density at radius 2 is 1.54 bits per heavy atom. The zero-order chi connectivity index (χ0) is 17.5. The maximum atomic E-state index is 13.0. The maximum Gasteiger partial charge on any atom is 0.305 e. The van der Waals surface area contributed by atoms with Gasteiger partial charge in [0.25, 0.3) is 5.91 Å². The number of amides is 1. The summed E-state index contributed by atoms with van der Waals surface area (Å²) in [5.41, 5.74) is 0.467. The van der Waals surface area contributed by atoms with E-state index in [1.807, 2.05) is 0 Å². The molecule has 24 heavy (non-hydrogen) atoms. The van der Waals surface area contributed by atoms with Crippen LogP contribution in [0.4, 0.5) is 8.78 Å². The maximum absolute atomic E-state index is 13.0. The summed E-state index contributed by atoms with van der Waals surface area (Å²) in [6.45, 7) is -0.358. The van der Waals surface area contributed by atoms with Crippen LogP contribution in [-0.2, 0) is 9.59 Å². The summed E-state index contributed by atoms with van der Waals surface area (Å²) in [4.78, 5) is 22.9. The molecule has 0 bridgehead atoms. The first-order valence-corrected chi connectivity index (χ1v) is 7.09. The van der Waals surface area contributed by atoms with Crippen LogP contribution in [0.15, 0.2) is 48.5 Å². The Hall–Kier alpha value is -2.96. The van der Waals surface area contributed by atoms with Gasteiger partial charge < -0.3 is 15.2 Å². The number of carboxylic acids is 1. The molecule has 0 spiro atoms. The van der Waals surface area contributed by atoms with Crippen LogP contribution in [0, 0.1) is 11.6 Å². The molecule has 2 aromatic carbocycles. The van der Waals surface area contributed by atoms with Crippen LogP contribution in [0.5, 0.6) is 5.75 Å². The SMILES string of the molecule is O=C(O)C[C@@H](NC(=O)COc1ccc(F)cc1)c1ccc(F)cc1. The summed E-state index contributed by atoms with van der Waals surface area (Å²) in [7, 11) is 0. The van der Waals surface area contributed by atoms with Crippen molar-refractivity contribution < 1.29 is 28.2 Å². The third-order valence-electron chi connectivity index (χ3n) is 3.17. The van der Waals surface area contributed by atoms with E-state index in [1.165, 1.54) is 48.5 Å². The molecule has 0 fully saturated rings. The van der Waals surface area contributed by atoms with Gasteiger partial charge in [0.2, 0.25) is 0 Å². The van der Waals surface area contributed by atoms with Crippen LogP contribution in [0.1, 0.15) is 18.0 Å². The highest BCUT2D eigenvalue weighted by Gasteiger charge is 2.18. The number of nitrogens with one attached hydrogen (secondary N) is 1. The van der Waals surface area contributed by atoms with Crippen molar-refractivity contribution in [2.24, 2.45) is 0 Å². The summed E-state index contributed by atoms with van der Waals surface area (Å²) in [5, 5.41) is 11.5. The minimum atomic E-state index is -1.11. The number of hydrogen-bond donors (Lipinski definition) is 2. The van der Waals surface area contributed by atoms with Crippen molar-refractivity contribution in [1.29, 1.82) is 0 Å². The number of carbonyl (C=O) groups excluding carboxylic acids is 1. The van der Waals surface area contributed by atoms with Gasteiger partial charge in [-0.05, 0) is 42.0 Å². The number of hydrogen-bond acceptors (Lipinski definition) is 3. The van der Waals surface area contributed by atoms with E-state index in [-0.39, 0.29) is 13.0 Å². The molecule has 0 heterocycles. The van der Waals surface area contributed by atoms with Crippen LogP contribution in [0.3, 0.4) is 0 Å². The lowest BCUT2D eigenvalue weighted by Crippen LogP contribution is -2.33. The van der Waals surface area contributed by atoms with Gasteiger partial charge in [0.05, 0.1) is 12.5 Å². The van der Waals surface area contributed by atoms with Gasteiger partial charge in [-0.25, -0.2) is 8.78 Å². The Kier molecular flexibility index (Phi) is 5.83. The smallest absolute Gasteiger partial charge is 0.305 e. The summed E-state index contributed by atoms with van der Waals surface area (Å²) in [5.74, 6) is -2.23. The molecule has 2 rings (SSSR count). The predicted octanol–water partition coefficient (Wildman–Crippen LogP) is 2.68. The van der Waals surface area contributed by atoms with Gasteiger partial charge in [-0.2, -0.15) is 0 Å². The molecule has 0 aliphatic carbocycles. The van der Waals surface area contributed by atoms with Gasteiger partial charge in [-0.15, -0.1) is 0 Å². The molecule has 0 unspecified atom stereocenters. The van der Waals surface area contributed by atoms with Crippen LogP contribution >= 0.6 is 0 Å². The fraction of sp³-hybridized carbons (Fsp3) is 0.176. The number of carboxylic acid groups (broad SMARTS) is 1. The Morgan fingerprint density at radius 3 is 2.08 bits per heavy atom. The van der Waals surface area contributed by atoms with E-state index in [0.29, 0.717) is 11.3 Å².